The van der Waals surface area contributed by atoms with Gasteiger partial charge in [-0.1, -0.05) is 72.8 Å². The summed E-state index contributed by atoms with van der Waals surface area (Å²) in [5.41, 5.74) is 2.12. The van der Waals surface area contributed by atoms with Gasteiger partial charge < -0.3 is 0 Å². The Morgan fingerprint density at radius 1 is 0.412 bits per heavy atom. The van der Waals surface area contributed by atoms with E-state index in [0.29, 0.717) is 0 Å². The van der Waals surface area contributed by atoms with Gasteiger partial charge in [-0.3, -0.25) is 9.97 Å². The summed E-state index contributed by atoms with van der Waals surface area (Å²) < 4.78 is 2.68. The van der Waals surface area contributed by atoms with E-state index < -0.39 is 0 Å². The van der Waals surface area contributed by atoms with Crippen molar-refractivity contribution in [2.45, 2.75) is 0 Å². The minimum absolute atomic E-state index is 1.06. The van der Waals surface area contributed by atoms with E-state index in [1.54, 1.807) is 0 Å². The van der Waals surface area contributed by atoms with Gasteiger partial charge in [0.1, 0.15) is 0 Å². The molecule has 34 heavy (non-hydrogen) atoms. The third kappa shape index (κ3) is 6.55. The molecular formula is C28H18I4N2. The van der Waals surface area contributed by atoms with Gasteiger partial charge >= 0.3 is 0 Å². The van der Waals surface area contributed by atoms with Crippen LogP contribution in [-0.2, 0) is 0 Å². The summed E-state index contributed by atoms with van der Waals surface area (Å²) in [5.74, 6) is 0. The zero-order chi connectivity index (χ0) is 23.9. The smallest absolute Gasteiger partial charge is 0.0709 e. The van der Waals surface area contributed by atoms with Crippen molar-refractivity contribution in [2.24, 2.45) is 0 Å². The van der Waals surface area contributed by atoms with E-state index in [-0.39, 0.29) is 0 Å². The topological polar surface area (TPSA) is 25.8 Å². The molecule has 0 aliphatic carbocycles. The minimum Gasteiger partial charge on any atom is -0.256 e. The van der Waals surface area contributed by atoms with E-state index in [1.165, 1.54) is 35.5 Å². The number of aromatic nitrogens is 2. The van der Waals surface area contributed by atoms with Crippen molar-refractivity contribution < 1.29 is 0 Å². The number of benzene rings is 4. The molecule has 0 aliphatic heterocycles. The Morgan fingerprint density at radius 3 is 1.21 bits per heavy atom. The number of fused-ring (bicyclic) bond motifs is 6. The molecule has 0 saturated heterocycles. The highest BCUT2D eigenvalue weighted by molar-refractivity contribution is 14.2. The molecule has 2 nitrogen and oxygen atoms in total. The molecule has 6 aromatic rings. The van der Waals surface area contributed by atoms with Crippen LogP contribution in [0, 0.1) is 0 Å². The first-order chi connectivity index (χ1) is 16.5. The molecule has 0 radical (unpaired) electrons. The SMILES string of the molecule is IC(I)=C(I)I.c1ccc2c(c1)ccc1ncccc12.c1ccc2c(c1)ccc1ncccc12. The Kier molecular flexibility index (Phi) is 9.71. The Labute approximate surface area is 253 Å². The highest BCUT2D eigenvalue weighted by Crippen LogP contribution is 2.29. The molecule has 0 spiro atoms. The van der Waals surface area contributed by atoms with Crippen molar-refractivity contribution in [3.8, 4) is 0 Å². The third-order valence-electron chi connectivity index (χ3n) is 5.16. The van der Waals surface area contributed by atoms with Crippen LogP contribution in [0.2, 0.25) is 0 Å². The number of nitrogens with zero attached hydrogens (tertiary/aromatic N) is 2. The molecule has 6 heteroatoms. The second kappa shape index (κ2) is 12.7. The average molecular weight is 890 g/mol. The van der Waals surface area contributed by atoms with Gasteiger partial charge in [0.25, 0.3) is 0 Å². The van der Waals surface area contributed by atoms with E-state index in [2.05, 4.69) is 185 Å². The van der Waals surface area contributed by atoms with Gasteiger partial charge in [-0.2, -0.15) is 0 Å². The maximum atomic E-state index is 4.33. The maximum Gasteiger partial charge on any atom is 0.0709 e. The molecule has 0 aliphatic rings. The van der Waals surface area contributed by atoms with Gasteiger partial charge in [0.15, 0.2) is 0 Å². The van der Waals surface area contributed by atoms with Gasteiger partial charge in [0.2, 0.25) is 0 Å². The Bertz CT molecular complexity index is 1370. The Morgan fingerprint density at radius 2 is 0.794 bits per heavy atom. The number of hydrogen-bond acceptors (Lipinski definition) is 2. The van der Waals surface area contributed by atoms with Gasteiger partial charge in [0.05, 0.1) is 14.2 Å². The molecule has 0 amide bonds. The minimum atomic E-state index is 1.06. The largest absolute Gasteiger partial charge is 0.256 e. The predicted octanol–water partition coefficient (Wildman–Crippen LogP) is 10.6. The molecule has 0 N–H and O–H groups in total. The van der Waals surface area contributed by atoms with Crippen molar-refractivity contribution in [2.75, 3.05) is 0 Å². The zero-order valence-corrected chi connectivity index (χ0v) is 26.4. The van der Waals surface area contributed by atoms with Crippen molar-refractivity contribution in [1.82, 2.24) is 9.97 Å². The summed E-state index contributed by atoms with van der Waals surface area (Å²) in [7, 11) is 0. The summed E-state index contributed by atoms with van der Waals surface area (Å²) in [6.45, 7) is 0. The lowest BCUT2D eigenvalue weighted by Crippen LogP contribution is -1.79. The predicted molar refractivity (Wildman–Crippen MR) is 182 cm³/mol. The summed E-state index contributed by atoms with van der Waals surface area (Å²) in [6.07, 6.45) is 3.66. The van der Waals surface area contributed by atoms with Crippen molar-refractivity contribution in [3.63, 3.8) is 0 Å². The molecule has 168 valence electrons. The monoisotopic (exact) mass is 890 g/mol. The van der Waals surface area contributed by atoms with Crippen molar-refractivity contribution >= 4 is 134 Å². The molecule has 2 aromatic heterocycles. The van der Waals surface area contributed by atoms with Crippen LogP contribution >= 0.6 is 90.4 Å². The average Bonchev–Trinajstić information content (AvgIpc) is 2.89. The molecule has 0 saturated carbocycles. The van der Waals surface area contributed by atoms with Gasteiger partial charge in [-0.15, -0.1) is 0 Å². The van der Waals surface area contributed by atoms with E-state index in [1.807, 2.05) is 24.5 Å². The lowest BCUT2D eigenvalue weighted by Gasteiger charge is -2.01. The fourth-order valence-corrected chi connectivity index (χ4v) is 3.67. The fourth-order valence-electron chi connectivity index (χ4n) is 3.67. The molecule has 4 aromatic carbocycles. The summed E-state index contributed by atoms with van der Waals surface area (Å²) in [4.78, 5) is 8.66. The van der Waals surface area contributed by atoms with Crippen LogP contribution < -0.4 is 0 Å². The lowest BCUT2D eigenvalue weighted by atomic mass is 10.1. The first-order valence-corrected chi connectivity index (χ1v) is 14.7. The van der Waals surface area contributed by atoms with Gasteiger partial charge in [0, 0.05) is 23.2 Å². The highest BCUT2D eigenvalue weighted by Gasteiger charge is 1.99. The summed E-state index contributed by atoms with van der Waals surface area (Å²) in [5, 5.41) is 7.55. The third-order valence-corrected chi connectivity index (χ3v) is 11.4. The van der Waals surface area contributed by atoms with Gasteiger partial charge in [-0.05, 0) is 136 Å². The number of pyridine rings is 2. The first kappa shape index (κ1) is 26.0. The van der Waals surface area contributed by atoms with Crippen LogP contribution in [0.5, 0.6) is 0 Å². The van der Waals surface area contributed by atoms with Crippen LogP contribution in [0.25, 0.3) is 43.4 Å². The summed E-state index contributed by atoms with van der Waals surface area (Å²) in [6, 6.07) is 33.3. The summed E-state index contributed by atoms with van der Waals surface area (Å²) >= 11 is 9.13. The zero-order valence-electron chi connectivity index (χ0n) is 17.8. The van der Waals surface area contributed by atoms with Gasteiger partial charge in [-0.25, -0.2) is 0 Å². The van der Waals surface area contributed by atoms with E-state index in [9.17, 15) is 0 Å². The van der Waals surface area contributed by atoms with Crippen LogP contribution in [0.1, 0.15) is 0 Å². The van der Waals surface area contributed by atoms with E-state index >= 15 is 0 Å². The number of hydrogen-bond donors (Lipinski definition) is 0. The van der Waals surface area contributed by atoms with Crippen LogP contribution in [0.15, 0.2) is 113 Å². The molecule has 0 fully saturated rings. The number of rotatable bonds is 0. The molecular weight excluding hydrogens is 872 g/mol. The second-order valence-corrected chi connectivity index (χ2v) is 15.7. The molecule has 0 bridgehead atoms. The Hall–Kier alpha value is -1.12. The normalized spacial score (nSPS) is 10.4. The Balaban J connectivity index is 0.000000132. The molecule has 0 atom stereocenters. The van der Waals surface area contributed by atoms with Crippen LogP contribution in [0.3, 0.4) is 0 Å². The fraction of sp³-hybridized carbons (Fsp3) is 0. The number of halogens is 4. The van der Waals surface area contributed by atoms with Crippen LogP contribution in [-0.4, -0.2) is 9.97 Å². The molecule has 0 unspecified atom stereocenters. The first-order valence-electron chi connectivity index (χ1n) is 10.4. The second-order valence-electron chi connectivity index (χ2n) is 7.23. The lowest BCUT2D eigenvalue weighted by molar-refractivity contribution is 1.42. The van der Waals surface area contributed by atoms with E-state index in [0.717, 1.165) is 11.0 Å². The molecule has 2 heterocycles. The highest BCUT2D eigenvalue weighted by atomic mass is 127. The van der Waals surface area contributed by atoms with Crippen LogP contribution in [0.4, 0.5) is 0 Å². The maximum absolute atomic E-state index is 4.33. The van der Waals surface area contributed by atoms with Crippen molar-refractivity contribution in [3.05, 3.63) is 113 Å². The van der Waals surface area contributed by atoms with E-state index in [4.69, 9.17) is 0 Å². The molecule has 6 rings (SSSR count). The van der Waals surface area contributed by atoms with Crippen molar-refractivity contribution in [1.29, 1.82) is 0 Å². The quantitative estimate of drug-likeness (QED) is 0.112. The standard InChI is InChI=1S/2C13H9N.C2I4/c2*1-2-5-11-10(4-1)7-8-13-12(11)6-3-9-14-13;3-1(4)2(5)6/h2*1-9H;.